The highest BCUT2D eigenvalue weighted by atomic mass is 19.1. The molecular weight excluding hydrogens is 309 g/mol. The number of halogens is 1. The van der Waals surface area contributed by atoms with Crippen LogP contribution < -0.4 is 11.1 Å². The van der Waals surface area contributed by atoms with E-state index in [-0.39, 0.29) is 29.3 Å². The van der Waals surface area contributed by atoms with Crippen LogP contribution in [0.1, 0.15) is 44.5 Å². The van der Waals surface area contributed by atoms with Gasteiger partial charge < -0.3 is 16.0 Å². The molecule has 1 aromatic rings. The van der Waals surface area contributed by atoms with E-state index >= 15 is 0 Å². The van der Waals surface area contributed by atoms with Crippen molar-refractivity contribution >= 4 is 17.5 Å². The fourth-order valence-electron chi connectivity index (χ4n) is 2.84. The zero-order valence-corrected chi connectivity index (χ0v) is 14.7. The van der Waals surface area contributed by atoms with E-state index in [0.29, 0.717) is 18.8 Å². The average molecular weight is 335 g/mol. The van der Waals surface area contributed by atoms with Crippen LogP contribution in [0.25, 0.3) is 0 Å². The number of nitrogens with zero attached hydrogens (tertiary/aromatic N) is 1. The van der Waals surface area contributed by atoms with Gasteiger partial charge in [-0.15, -0.1) is 0 Å². The van der Waals surface area contributed by atoms with E-state index in [1.165, 1.54) is 18.2 Å². The SMILES string of the molecule is CC1CC(CN)CN1C(=O)c1cc(NC(=O)C(C)(C)C)ccc1F. The van der Waals surface area contributed by atoms with Crippen LogP contribution in [0.4, 0.5) is 10.1 Å². The second-order valence-electron chi connectivity index (χ2n) is 7.54. The molecule has 2 unspecified atom stereocenters. The summed E-state index contributed by atoms with van der Waals surface area (Å²) in [4.78, 5) is 26.4. The van der Waals surface area contributed by atoms with E-state index in [2.05, 4.69) is 5.32 Å². The Morgan fingerprint density at radius 3 is 2.58 bits per heavy atom. The molecule has 1 aromatic carbocycles. The Labute approximate surface area is 142 Å². The molecule has 0 radical (unpaired) electrons. The summed E-state index contributed by atoms with van der Waals surface area (Å²) in [7, 11) is 0. The molecule has 1 aliphatic rings. The summed E-state index contributed by atoms with van der Waals surface area (Å²) in [6.07, 6.45) is 0.824. The summed E-state index contributed by atoms with van der Waals surface area (Å²) in [5.41, 5.74) is 5.51. The molecule has 0 aliphatic carbocycles. The van der Waals surface area contributed by atoms with Gasteiger partial charge in [0.15, 0.2) is 0 Å². The van der Waals surface area contributed by atoms with Gasteiger partial charge in [0.2, 0.25) is 5.91 Å². The van der Waals surface area contributed by atoms with Gasteiger partial charge in [-0.2, -0.15) is 0 Å². The first-order chi connectivity index (χ1) is 11.1. The Hall–Kier alpha value is -1.95. The quantitative estimate of drug-likeness (QED) is 0.891. The van der Waals surface area contributed by atoms with Gasteiger partial charge in [-0.25, -0.2) is 4.39 Å². The Morgan fingerprint density at radius 2 is 2.04 bits per heavy atom. The van der Waals surface area contributed by atoms with Crippen molar-refractivity contribution in [2.75, 3.05) is 18.4 Å². The number of nitrogens with two attached hydrogens (primary N) is 1. The van der Waals surface area contributed by atoms with Gasteiger partial charge in [-0.05, 0) is 44.0 Å². The third kappa shape index (κ3) is 3.93. The number of benzene rings is 1. The molecule has 132 valence electrons. The first-order valence-electron chi connectivity index (χ1n) is 8.25. The number of likely N-dealkylation sites (tertiary alicyclic amines) is 1. The van der Waals surface area contributed by atoms with E-state index in [0.717, 1.165) is 6.42 Å². The van der Waals surface area contributed by atoms with Crippen LogP contribution in [0.5, 0.6) is 0 Å². The zero-order valence-electron chi connectivity index (χ0n) is 14.7. The molecule has 6 heteroatoms. The minimum atomic E-state index is -0.586. The normalized spacial score (nSPS) is 21.0. The molecule has 1 heterocycles. The summed E-state index contributed by atoms with van der Waals surface area (Å²) in [6.45, 7) is 8.36. The minimum Gasteiger partial charge on any atom is -0.336 e. The summed E-state index contributed by atoms with van der Waals surface area (Å²) >= 11 is 0. The smallest absolute Gasteiger partial charge is 0.257 e. The average Bonchev–Trinajstić information content (AvgIpc) is 2.88. The third-order valence-corrected chi connectivity index (χ3v) is 4.39. The molecule has 1 saturated heterocycles. The van der Waals surface area contributed by atoms with Crippen molar-refractivity contribution < 1.29 is 14.0 Å². The summed E-state index contributed by atoms with van der Waals surface area (Å²) in [5.74, 6) is -0.888. The predicted molar refractivity (Wildman–Crippen MR) is 92.1 cm³/mol. The topological polar surface area (TPSA) is 75.4 Å². The first-order valence-corrected chi connectivity index (χ1v) is 8.25. The number of anilines is 1. The van der Waals surface area contributed by atoms with Crippen molar-refractivity contribution in [2.45, 2.75) is 40.2 Å². The fraction of sp³-hybridized carbons (Fsp3) is 0.556. The summed E-state index contributed by atoms with van der Waals surface area (Å²) in [5, 5.41) is 2.73. The number of carbonyl (C=O) groups is 2. The molecule has 2 amide bonds. The Kier molecular flexibility index (Phi) is 5.28. The maximum absolute atomic E-state index is 14.2. The number of nitrogens with one attached hydrogen (secondary N) is 1. The van der Waals surface area contributed by atoms with E-state index < -0.39 is 11.2 Å². The Balaban J connectivity index is 2.22. The van der Waals surface area contributed by atoms with Crippen LogP contribution in [0.15, 0.2) is 18.2 Å². The highest BCUT2D eigenvalue weighted by molar-refractivity contribution is 5.98. The van der Waals surface area contributed by atoms with Gasteiger partial charge in [0.1, 0.15) is 5.82 Å². The lowest BCUT2D eigenvalue weighted by Gasteiger charge is -2.22. The van der Waals surface area contributed by atoms with Crippen molar-refractivity contribution in [3.05, 3.63) is 29.6 Å². The second kappa shape index (κ2) is 6.89. The van der Waals surface area contributed by atoms with Gasteiger partial charge in [0.05, 0.1) is 5.56 Å². The molecule has 0 aromatic heterocycles. The van der Waals surface area contributed by atoms with Gasteiger partial charge in [-0.3, -0.25) is 9.59 Å². The van der Waals surface area contributed by atoms with Crippen LogP contribution in [-0.4, -0.2) is 35.8 Å². The molecule has 1 aliphatic heterocycles. The molecule has 2 rings (SSSR count). The number of hydrogen-bond donors (Lipinski definition) is 2. The molecule has 0 spiro atoms. The highest BCUT2D eigenvalue weighted by Crippen LogP contribution is 2.26. The summed E-state index contributed by atoms with van der Waals surface area (Å²) in [6, 6.07) is 4.11. The van der Waals surface area contributed by atoms with Crippen molar-refractivity contribution in [1.82, 2.24) is 4.90 Å². The fourth-order valence-corrected chi connectivity index (χ4v) is 2.84. The third-order valence-electron chi connectivity index (χ3n) is 4.39. The lowest BCUT2D eigenvalue weighted by Crippen LogP contribution is -2.35. The van der Waals surface area contributed by atoms with Crippen LogP contribution in [-0.2, 0) is 4.79 Å². The molecule has 3 N–H and O–H groups in total. The summed E-state index contributed by atoms with van der Waals surface area (Å²) < 4.78 is 14.2. The van der Waals surface area contributed by atoms with Crippen LogP contribution in [0.2, 0.25) is 0 Å². The molecule has 1 fully saturated rings. The van der Waals surface area contributed by atoms with E-state index in [1.807, 2.05) is 6.92 Å². The van der Waals surface area contributed by atoms with Gasteiger partial charge in [0, 0.05) is 23.7 Å². The standard InChI is InChI=1S/C18H26FN3O2/c1-11-7-12(9-20)10-22(11)16(23)14-8-13(5-6-15(14)19)21-17(24)18(2,3)4/h5-6,8,11-12H,7,9-10,20H2,1-4H3,(H,21,24). The number of hydrogen-bond acceptors (Lipinski definition) is 3. The van der Waals surface area contributed by atoms with Gasteiger partial charge in [-0.1, -0.05) is 20.8 Å². The number of amides is 2. The molecular formula is C18H26FN3O2. The second-order valence-corrected chi connectivity index (χ2v) is 7.54. The predicted octanol–water partition coefficient (Wildman–Crippen LogP) is 2.62. The van der Waals surface area contributed by atoms with Crippen molar-refractivity contribution in [3.63, 3.8) is 0 Å². The maximum atomic E-state index is 14.2. The van der Waals surface area contributed by atoms with Crippen molar-refractivity contribution in [2.24, 2.45) is 17.1 Å². The largest absolute Gasteiger partial charge is 0.336 e. The van der Waals surface area contributed by atoms with Gasteiger partial charge >= 0.3 is 0 Å². The van der Waals surface area contributed by atoms with E-state index in [4.69, 9.17) is 5.73 Å². The Bertz CT molecular complexity index is 640. The number of carbonyl (C=O) groups excluding carboxylic acids is 2. The van der Waals surface area contributed by atoms with E-state index in [1.54, 1.807) is 25.7 Å². The molecule has 0 saturated carbocycles. The maximum Gasteiger partial charge on any atom is 0.257 e. The first kappa shape index (κ1) is 18.4. The highest BCUT2D eigenvalue weighted by Gasteiger charge is 2.33. The lowest BCUT2D eigenvalue weighted by atomic mass is 9.95. The Morgan fingerprint density at radius 1 is 1.38 bits per heavy atom. The van der Waals surface area contributed by atoms with Gasteiger partial charge in [0.25, 0.3) is 5.91 Å². The monoisotopic (exact) mass is 335 g/mol. The van der Waals surface area contributed by atoms with Crippen LogP contribution in [0, 0.1) is 17.2 Å². The van der Waals surface area contributed by atoms with Crippen molar-refractivity contribution in [3.8, 4) is 0 Å². The molecule has 24 heavy (non-hydrogen) atoms. The zero-order chi connectivity index (χ0) is 18.1. The lowest BCUT2D eigenvalue weighted by molar-refractivity contribution is -0.123. The molecule has 2 atom stereocenters. The van der Waals surface area contributed by atoms with Crippen LogP contribution in [0.3, 0.4) is 0 Å². The number of rotatable bonds is 3. The molecule has 5 nitrogen and oxygen atoms in total. The van der Waals surface area contributed by atoms with Crippen LogP contribution >= 0.6 is 0 Å². The van der Waals surface area contributed by atoms with E-state index in [9.17, 15) is 14.0 Å². The van der Waals surface area contributed by atoms with Crippen molar-refractivity contribution in [1.29, 1.82) is 0 Å². The molecule has 0 bridgehead atoms. The minimum absolute atomic E-state index is 0.0220.